The van der Waals surface area contributed by atoms with Gasteiger partial charge in [-0.1, -0.05) is 0 Å². The maximum atomic E-state index is 5.51. The molecule has 2 rings (SSSR count). The van der Waals surface area contributed by atoms with Gasteiger partial charge >= 0.3 is 0 Å². The van der Waals surface area contributed by atoms with Crippen molar-refractivity contribution in [2.45, 2.75) is 46.1 Å². The van der Waals surface area contributed by atoms with Crippen LogP contribution >= 0.6 is 24.0 Å². The third-order valence-electron chi connectivity index (χ3n) is 5.09. The minimum Gasteiger partial charge on any atom is -0.382 e. The molecule has 1 aliphatic carbocycles. The van der Waals surface area contributed by atoms with Crippen LogP contribution in [-0.4, -0.2) is 76.1 Å². The van der Waals surface area contributed by atoms with Crippen molar-refractivity contribution in [1.82, 2.24) is 15.5 Å². The summed E-state index contributed by atoms with van der Waals surface area (Å²) in [6.45, 7) is 14.6. The predicted octanol–water partition coefficient (Wildman–Crippen LogP) is 2.09. The second-order valence-electron chi connectivity index (χ2n) is 7.02. The Kier molecular flexibility index (Phi) is 11.3. The van der Waals surface area contributed by atoms with Gasteiger partial charge in [-0.15, -0.1) is 24.0 Å². The molecule has 2 fully saturated rings. The molecule has 7 heteroatoms. The van der Waals surface area contributed by atoms with Gasteiger partial charge in [0.2, 0.25) is 0 Å². The van der Waals surface area contributed by atoms with Crippen molar-refractivity contribution in [1.29, 1.82) is 0 Å². The van der Waals surface area contributed by atoms with Gasteiger partial charge in [0.1, 0.15) is 0 Å². The van der Waals surface area contributed by atoms with E-state index in [1.807, 2.05) is 0 Å². The van der Waals surface area contributed by atoms with Gasteiger partial charge in [0.15, 0.2) is 5.96 Å². The fourth-order valence-corrected chi connectivity index (χ4v) is 3.08. The van der Waals surface area contributed by atoms with Crippen molar-refractivity contribution in [3.05, 3.63) is 0 Å². The van der Waals surface area contributed by atoms with Crippen molar-refractivity contribution in [2.24, 2.45) is 10.4 Å². The summed E-state index contributed by atoms with van der Waals surface area (Å²) in [5, 5.41) is 6.88. The van der Waals surface area contributed by atoms with Crippen molar-refractivity contribution in [2.75, 3.05) is 59.2 Å². The van der Waals surface area contributed by atoms with Crippen molar-refractivity contribution >= 4 is 29.9 Å². The molecule has 1 atom stereocenters. The van der Waals surface area contributed by atoms with E-state index in [1.54, 1.807) is 0 Å². The lowest BCUT2D eigenvalue weighted by atomic mass is 10.0. The van der Waals surface area contributed by atoms with E-state index < -0.39 is 0 Å². The minimum absolute atomic E-state index is 0. The molecule has 1 saturated carbocycles. The number of hydrogen-bond donors (Lipinski definition) is 2. The number of aliphatic imine (C=N–C) groups is 1. The van der Waals surface area contributed by atoms with E-state index in [0.29, 0.717) is 11.5 Å². The van der Waals surface area contributed by atoms with Gasteiger partial charge in [-0.05, 0) is 45.4 Å². The monoisotopic (exact) mass is 468 g/mol. The fourth-order valence-electron chi connectivity index (χ4n) is 3.08. The first-order valence-electron chi connectivity index (χ1n) is 9.61. The summed E-state index contributed by atoms with van der Waals surface area (Å²) in [7, 11) is 0. The molecule has 1 heterocycles. The molecule has 2 N–H and O–H groups in total. The Bertz CT molecular complexity index is 385. The van der Waals surface area contributed by atoms with Gasteiger partial charge < -0.3 is 20.1 Å². The number of guanidine groups is 1. The predicted molar refractivity (Wildman–Crippen MR) is 114 cm³/mol. The van der Waals surface area contributed by atoms with Crippen LogP contribution in [0.15, 0.2) is 4.99 Å². The summed E-state index contributed by atoms with van der Waals surface area (Å²) in [6, 6.07) is 0.491. The Morgan fingerprint density at radius 1 is 1.24 bits per heavy atom. The van der Waals surface area contributed by atoms with E-state index in [9.17, 15) is 0 Å². The first-order chi connectivity index (χ1) is 11.7. The van der Waals surface area contributed by atoms with E-state index in [1.165, 1.54) is 12.8 Å². The molecular weight excluding hydrogens is 431 g/mol. The third kappa shape index (κ3) is 8.41. The summed E-state index contributed by atoms with van der Waals surface area (Å²) in [5.41, 5.74) is 0.396. The maximum Gasteiger partial charge on any atom is 0.191 e. The molecule has 1 aliphatic heterocycles. The first kappa shape index (κ1) is 22.9. The molecular formula is C18H37IN4O2. The largest absolute Gasteiger partial charge is 0.382 e. The average Bonchev–Trinajstić information content (AvgIpc) is 3.38. The van der Waals surface area contributed by atoms with E-state index in [2.05, 4.69) is 36.3 Å². The molecule has 6 nitrogen and oxygen atoms in total. The Labute approximate surface area is 170 Å². The van der Waals surface area contributed by atoms with Crippen LogP contribution < -0.4 is 10.6 Å². The first-order valence-corrected chi connectivity index (χ1v) is 9.61. The van der Waals surface area contributed by atoms with Crippen LogP contribution in [0.3, 0.4) is 0 Å². The molecule has 25 heavy (non-hydrogen) atoms. The molecule has 1 saturated heterocycles. The Hall–Kier alpha value is -0.120. The van der Waals surface area contributed by atoms with E-state index in [0.717, 1.165) is 71.5 Å². The summed E-state index contributed by atoms with van der Waals surface area (Å²) in [4.78, 5) is 7.32. The highest BCUT2D eigenvalue weighted by atomic mass is 127. The standard InChI is InChI=1S/C18H36N4O2.HI/c1-4-19-17(20-14-16(3)22-9-12-24-13-10-22)21-15-18(6-7-18)8-11-23-5-2;/h16H,4-15H2,1-3H3,(H2,19,20,21);1H. The number of nitrogens with zero attached hydrogens (tertiary/aromatic N) is 2. The summed E-state index contributed by atoms with van der Waals surface area (Å²) in [6.07, 6.45) is 3.70. The quantitative estimate of drug-likeness (QED) is 0.223. The second kappa shape index (κ2) is 12.3. The molecule has 0 aromatic carbocycles. The zero-order valence-electron chi connectivity index (χ0n) is 16.2. The van der Waals surface area contributed by atoms with Gasteiger partial charge in [0, 0.05) is 52.0 Å². The fraction of sp³-hybridized carbons (Fsp3) is 0.944. The van der Waals surface area contributed by atoms with Crippen LogP contribution in [-0.2, 0) is 9.47 Å². The molecule has 148 valence electrons. The Morgan fingerprint density at radius 3 is 2.56 bits per heavy atom. The van der Waals surface area contributed by atoms with Gasteiger partial charge in [-0.2, -0.15) is 0 Å². The molecule has 2 aliphatic rings. The Morgan fingerprint density at radius 2 is 1.96 bits per heavy atom. The molecule has 0 aromatic heterocycles. The summed E-state index contributed by atoms with van der Waals surface area (Å²) < 4.78 is 10.9. The van der Waals surface area contributed by atoms with E-state index >= 15 is 0 Å². The molecule has 0 amide bonds. The molecule has 1 unspecified atom stereocenters. The Balaban J connectivity index is 0.00000312. The van der Waals surface area contributed by atoms with Crippen molar-refractivity contribution < 1.29 is 9.47 Å². The van der Waals surface area contributed by atoms with Crippen molar-refractivity contribution in [3.8, 4) is 0 Å². The SMILES string of the molecule is CCNC(=NCC1(CCOCC)CC1)NCC(C)N1CCOCC1.I. The lowest BCUT2D eigenvalue weighted by molar-refractivity contribution is 0.0211. The lowest BCUT2D eigenvalue weighted by Gasteiger charge is -2.32. The zero-order valence-corrected chi connectivity index (χ0v) is 18.5. The van der Waals surface area contributed by atoms with Crippen LogP contribution in [0, 0.1) is 5.41 Å². The van der Waals surface area contributed by atoms with Gasteiger partial charge in [0.05, 0.1) is 13.2 Å². The highest BCUT2D eigenvalue weighted by molar-refractivity contribution is 14.0. The van der Waals surface area contributed by atoms with Crippen LogP contribution in [0.1, 0.15) is 40.0 Å². The smallest absolute Gasteiger partial charge is 0.191 e. The highest BCUT2D eigenvalue weighted by Gasteiger charge is 2.41. The van der Waals surface area contributed by atoms with Crippen LogP contribution in [0.25, 0.3) is 0 Å². The van der Waals surface area contributed by atoms with E-state index in [4.69, 9.17) is 14.5 Å². The summed E-state index contributed by atoms with van der Waals surface area (Å²) >= 11 is 0. The highest BCUT2D eigenvalue weighted by Crippen LogP contribution is 2.48. The topological polar surface area (TPSA) is 58.1 Å². The minimum atomic E-state index is 0. The zero-order chi connectivity index (χ0) is 17.3. The third-order valence-corrected chi connectivity index (χ3v) is 5.09. The second-order valence-corrected chi connectivity index (χ2v) is 7.02. The molecule has 0 spiro atoms. The molecule has 0 aromatic rings. The normalized spacial score (nSPS) is 21.3. The van der Waals surface area contributed by atoms with Crippen LogP contribution in [0.4, 0.5) is 0 Å². The molecule has 0 bridgehead atoms. The summed E-state index contributed by atoms with van der Waals surface area (Å²) in [5.74, 6) is 0.945. The number of hydrogen-bond acceptors (Lipinski definition) is 4. The maximum absolute atomic E-state index is 5.51. The number of ether oxygens (including phenoxy) is 2. The van der Waals surface area contributed by atoms with Crippen LogP contribution in [0.2, 0.25) is 0 Å². The average molecular weight is 468 g/mol. The van der Waals surface area contributed by atoms with Crippen LogP contribution in [0.5, 0.6) is 0 Å². The number of morpholine rings is 1. The lowest BCUT2D eigenvalue weighted by Crippen LogP contribution is -2.49. The molecule has 0 radical (unpaired) electrons. The number of halogens is 1. The van der Waals surface area contributed by atoms with Gasteiger partial charge in [-0.3, -0.25) is 9.89 Å². The number of nitrogens with one attached hydrogen (secondary N) is 2. The number of rotatable bonds is 10. The van der Waals surface area contributed by atoms with Gasteiger partial charge in [-0.25, -0.2) is 0 Å². The van der Waals surface area contributed by atoms with E-state index in [-0.39, 0.29) is 24.0 Å². The van der Waals surface area contributed by atoms with Gasteiger partial charge in [0.25, 0.3) is 0 Å². The van der Waals surface area contributed by atoms with Crippen molar-refractivity contribution in [3.63, 3.8) is 0 Å².